The van der Waals surface area contributed by atoms with Crippen LogP contribution in [0.5, 0.6) is 28.7 Å². The summed E-state index contributed by atoms with van der Waals surface area (Å²) in [6.45, 7) is -2.26. The Morgan fingerprint density at radius 3 is 1.67 bits per heavy atom. The van der Waals surface area contributed by atoms with Gasteiger partial charge in [0.25, 0.3) is 0 Å². The second-order valence-corrected chi connectivity index (χ2v) is 13.1. The molecule has 0 aliphatic carbocycles. The van der Waals surface area contributed by atoms with Crippen LogP contribution in [0, 0.1) is 0 Å². The van der Waals surface area contributed by atoms with Crippen LogP contribution in [0.2, 0.25) is 0 Å². The molecular formula is C33H40O22. The summed E-state index contributed by atoms with van der Waals surface area (Å²) in [5.74, 6) is -3.69. The lowest BCUT2D eigenvalue weighted by molar-refractivity contribution is -0.323. The average Bonchev–Trinajstić information content (AvgIpc) is 3.16. The van der Waals surface area contributed by atoms with E-state index in [0.29, 0.717) is 0 Å². The number of hydrogen-bond acceptors (Lipinski definition) is 22. The highest BCUT2D eigenvalue weighted by atomic mass is 16.7. The number of aromatic hydroxyl groups is 3. The number of fused-ring (bicyclic) bond motifs is 1. The second-order valence-electron chi connectivity index (χ2n) is 13.1. The predicted molar refractivity (Wildman–Crippen MR) is 174 cm³/mol. The molecule has 0 spiro atoms. The first-order valence-corrected chi connectivity index (χ1v) is 16.7. The average molecular weight is 789 g/mol. The largest absolute Gasteiger partial charge is 0.507 e. The Balaban J connectivity index is 1.30. The topological polar surface area (TPSA) is 369 Å². The first kappa shape index (κ1) is 40.7. The summed E-state index contributed by atoms with van der Waals surface area (Å²) < 4.78 is 38.9. The van der Waals surface area contributed by atoms with Crippen LogP contribution in [0.3, 0.4) is 0 Å². The summed E-state index contributed by atoms with van der Waals surface area (Å²) in [4.78, 5) is 13.9. The maximum Gasteiger partial charge on any atom is 0.239 e. The van der Waals surface area contributed by atoms with Crippen LogP contribution in [0.15, 0.2) is 39.5 Å². The van der Waals surface area contributed by atoms with E-state index in [9.17, 15) is 76.3 Å². The fourth-order valence-corrected chi connectivity index (χ4v) is 6.25. The number of phenols is 3. The minimum absolute atomic E-state index is 0.120. The van der Waals surface area contributed by atoms with Crippen molar-refractivity contribution in [3.63, 3.8) is 0 Å². The molecule has 3 aliphatic heterocycles. The molecule has 22 nitrogen and oxygen atoms in total. The van der Waals surface area contributed by atoms with E-state index in [1.807, 2.05) is 0 Å². The van der Waals surface area contributed by atoms with E-state index in [-0.39, 0.29) is 11.3 Å². The van der Waals surface area contributed by atoms with Crippen LogP contribution in [0.4, 0.5) is 0 Å². The summed E-state index contributed by atoms with van der Waals surface area (Å²) in [7, 11) is 0. The van der Waals surface area contributed by atoms with Crippen molar-refractivity contribution >= 4 is 11.0 Å². The Kier molecular flexibility index (Phi) is 12.0. The van der Waals surface area contributed by atoms with Gasteiger partial charge in [-0.1, -0.05) is 0 Å². The molecular weight excluding hydrogens is 748 g/mol. The van der Waals surface area contributed by atoms with E-state index < -0.39 is 157 Å². The molecule has 1 aromatic heterocycles. The SMILES string of the molecule is O=c1c(O[C@H]2O[C@H](CO)[C@H](O)[C@H](O)[C@@H]2O)c(-c2ccc(O)c(O)c2)oc2cc(O[C@@H]3O[C@H](CO[C@@H]4O[C@H](CO)[C@H](O)[C@H](O)[C@@H]4O)[C@@H](O)[C@H](O)[C@@H]3O)cc(O)c12. The molecule has 0 amide bonds. The minimum atomic E-state index is -1.99. The third-order valence-corrected chi connectivity index (χ3v) is 9.42. The molecule has 6 rings (SSSR count). The minimum Gasteiger partial charge on any atom is -0.507 e. The number of phenolic OH excluding ortho intramolecular Hbond substituents is 3. The van der Waals surface area contributed by atoms with Crippen molar-refractivity contribution in [2.24, 2.45) is 0 Å². The van der Waals surface area contributed by atoms with Crippen LogP contribution in [-0.2, 0) is 18.9 Å². The molecule has 0 radical (unpaired) electrons. The third kappa shape index (κ3) is 7.76. The molecule has 55 heavy (non-hydrogen) atoms. The summed E-state index contributed by atoms with van der Waals surface area (Å²) in [6.07, 6.45) is -26.3. The third-order valence-electron chi connectivity index (χ3n) is 9.42. The number of rotatable bonds is 10. The van der Waals surface area contributed by atoms with Crippen molar-refractivity contribution in [3.05, 3.63) is 40.6 Å². The molecule has 4 heterocycles. The van der Waals surface area contributed by atoms with Crippen molar-refractivity contribution in [3.8, 4) is 40.1 Å². The van der Waals surface area contributed by atoms with Crippen molar-refractivity contribution in [1.29, 1.82) is 0 Å². The summed E-state index contributed by atoms with van der Waals surface area (Å²) in [6, 6.07) is 5.08. The number of benzene rings is 2. The number of ether oxygens (including phenoxy) is 6. The van der Waals surface area contributed by atoms with Crippen LogP contribution in [-0.4, -0.2) is 183 Å². The molecule has 3 aromatic rings. The molecule has 22 heteroatoms. The van der Waals surface area contributed by atoms with Gasteiger partial charge in [-0.3, -0.25) is 4.79 Å². The van der Waals surface area contributed by atoms with Gasteiger partial charge in [0.15, 0.2) is 23.5 Å². The van der Waals surface area contributed by atoms with Gasteiger partial charge >= 0.3 is 0 Å². The Bertz CT molecular complexity index is 1870. The van der Waals surface area contributed by atoms with Crippen molar-refractivity contribution in [2.45, 2.75) is 92.1 Å². The van der Waals surface area contributed by atoms with Gasteiger partial charge in [0.05, 0.1) is 19.8 Å². The Morgan fingerprint density at radius 2 is 1.09 bits per heavy atom. The van der Waals surface area contributed by atoms with Gasteiger partial charge in [0.1, 0.15) is 95.7 Å². The molecule has 304 valence electrons. The van der Waals surface area contributed by atoms with E-state index in [4.69, 9.17) is 32.8 Å². The van der Waals surface area contributed by atoms with E-state index in [1.165, 1.54) is 6.07 Å². The molecule has 15 atom stereocenters. The fraction of sp³-hybridized carbons (Fsp3) is 0.545. The number of aliphatic hydroxyl groups excluding tert-OH is 11. The van der Waals surface area contributed by atoms with Crippen molar-refractivity contribution in [2.75, 3.05) is 19.8 Å². The standard InChI is InChI=1S/C33H40O22/c34-6-15-19(39)23(43)26(46)31(52-15)49-8-17-21(41)25(45)27(47)32(54-17)50-10-4-13(38)18-14(5-10)51-29(9-1-2-11(36)12(37)3-9)30(22(18)42)55-33-28(48)24(44)20(40)16(7-35)53-33/h1-5,15-17,19-21,23-28,31-41,43-48H,6-8H2/t15-,16-,17-,19+,20+,21-,23+,24+,25+,26+,27+,28+,31-,32-,33-/m1/s1. The summed E-state index contributed by atoms with van der Waals surface area (Å²) in [5, 5.41) is 143. The lowest BCUT2D eigenvalue weighted by Gasteiger charge is -2.42. The predicted octanol–water partition coefficient (Wildman–Crippen LogP) is -5.24. The number of hydrogen-bond donors (Lipinski definition) is 14. The zero-order valence-corrected chi connectivity index (χ0v) is 28.2. The van der Waals surface area contributed by atoms with Crippen LogP contribution in [0.1, 0.15) is 0 Å². The molecule has 0 saturated carbocycles. The normalized spacial score (nSPS) is 36.8. The van der Waals surface area contributed by atoms with Gasteiger partial charge in [-0.25, -0.2) is 0 Å². The monoisotopic (exact) mass is 788 g/mol. The lowest BCUT2D eigenvalue weighted by atomic mass is 9.98. The van der Waals surface area contributed by atoms with Gasteiger partial charge in [-0.05, 0) is 18.2 Å². The maximum absolute atomic E-state index is 13.9. The van der Waals surface area contributed by atoms with Crippen molar-refractivity contribution in [1.82, 2.24) is 0 Å². The first-order valence-electron chi connectivity index (χ1n) is 16.7. The van der Waals surface area contributed by atoms with Gasteiger partial charge in [0.2, 0.25) is 23.8 Å². The highest BCUT2D eigenvalue weighted by molar-refractivity contribution is 5.88. The molecule has 3 saturated heterocycles. The quantitative estimate of drug-likeness (QED) is 0.0853. The summed E-state index contributed by atoms with van der Waals surface area (Å²) >= 11 is 0. The molecule has 2 aromatic carbocycles. The molecule has 0 bridgehead atoms. The van der Waals surface area contributed by atoms with Crippen LogP contribution in [0.25, 0.3) is 22.3 Å². The van der Waals surface area contributed by atoms with Gasteiger partial charge in [-0.2, -0.15) is 0 Å². The number of aliphatic hydroxyl groups is 11. The van der Waals surface area contributed by atoms with E-state index in [1.54, 1.807) is 0 Å². The van der Waals surface area contributed by atoms with Gasteiger partial charge in [-0.15, -0.1) is 0 Å². The fourth-order valence-electron chi connectivity index (χ4n) is 6.25. The van der Waals surface area contributed by atoms with E-state index in [2.05, 4.69) is 0 Å². The van der Waals surface area contributed by atoms with E-state index in [0.717, 1.165) is 24.3 Å². The molecule has 14 N–H and O–H groups in total. The van der Waals surface area contributed by atoms with Crippen LogP contribution >= 0.6 is 0 Å². The lowest BCUT2D eigenvalue weighted by Crippen LogP contribution is -2.62. The van der Waals surface area contributed by atoms with E-state index >= 15 is 0 Å². The summed E-state index contributed by atoms with van der Waals surface area (Å²) in [5.41, 5.74) is -1.68. The Hall–Kier alpha value is -3.95. The first-order chi connectivity index (χ1) is 26.1. The highest BCUT2D eigenvalue weighted by Gasteiger charge is 2.49. The highest BCUT2D eigenvalue weighted by Crippen LogP contribution is 2.40. The second kappa shape index (κ2) is 16.3. The van der Waals surface area contributed by atoms with Crippen LogP contribution < -0.4 is 14.9 Å². The molecule has 0 unspecified atom stereocenters. The Morgan fingerprint density at radius 1 is 0.564 bits per heavy atom. The zero-order chi connectivity index (χ0) is 40.0. The van der Waals surface area contributed by atoms with Gasteiger partial charge < -0.3 is 104 Å². The molecule has 3 fully saturated rings. The zero-order valence-electron chi connectivity index (χ0n) is 28.2. The maximum atomic E-state index is 13.9. The van der Waals surface area contributed by atoms with Crippen molar-refractivity contribution < 1.29 is 104 Å². The Labute approximate surface area is 307 Å². The van der Waals surface area contributed by atoms with Gasteiger partial charge in [0, 0.05) is 17.7 Å². The molecule has 3 aliphatic rings. The smallest absolute Gasteiger partial charge is 0.239 e.